The lowest BCUT2D eigenvalue weighted by molar-refractivity contribution is -0.144. The Balaban J connectivity index is 2.27. The Morgan fingerprint density at radius 3 is 2.65 bits per heavy atom. The number of aryl methyl sites for hydroxylation is 3. The molecule has 20 heavy (non-hydrogen) atoms. The van der Waals surface area contributed by atoms with Gasteiger partial charge in [-0.15, -0.1) is 11.3 Å². The van der Waals surface area contributed by atoms with Gasteiger partial charge in [-0.05, 0) is 40.2 Å². The van der Waals surface area contributed by atoms with E-state index in [1.807, 2.05) is 20.8 Å². The molecule has 0 aliphatic rings. The van der Waals surface area contributed by atoms with Crippen molar-refractivity contribution in [1.29, 1.82) is 0 Å². The average molecular weight is 310 g/mol. The van der Waals surface area contributed by atoms with Crippen molar-refractivity contribution >= 4 is 39.3 Å². The van der Waals surface area contributed by atoms with E-state index in [2.05, 4.69) is 23.8 Å². The molecule has 0 unspecified atom stereocenters. The molecule has 0 fully saturated rings. The van der Waals surface area contributed by atoms with Crippen LogP contribution in [-0.2, 0) is 9.53 Å². The van der Waals surface area contributed by atoms with Crippen molar-refractivity contribution in [3.63, 3.8) is 0 Å². The van der Waals surface area contributed by atoms with Crippen LogP contribution in [0.1, 0.15) is 30.1 Å². The van der Waals surface area contributed by atoms with Crippen LogP contribution >= 0.6 is 23.1 Å². The van der Waals surface area contributed by atoms with Crippen molar-refractivity contribution in [1.82, 2.24) is 9.97 Å². The molecular formula is C14H18N2O2S2. The molecule has 2 aromatic rings. The summed E-state index contributed by atoms with van der Waals surface area (Å²) in [6.45, 7) is 9.73. The quantitative estimate of drug-likeness (QED) is 0.490. The fourth-order valence-electron chi connectivity index (χ4n) is 1.84. The first-order chi connectivity index (χ1) is 9.38. The van der Waals surface area contributed by atoms with Crippen LogP contribution in [0.4, 0.5) is 0 Å². The molecule has 0 aromatic carbocycles. The lowest BCUT2D eigenvalue weighted by Crippen LogP contribution is -2.13. The Morgan fingerprint density at radius 1 is 1.30 bits per heavy atom. The summed E-state index contributed by atoms with van der Waals surface area (Å²) in [6, 6.07) is 0. The number of fused-ring (bicyclic) bond motifs is 1. The van der Waals surface area contributed by atoms with Gasteiger partial charge in [0.25, 0.3) is 0 Å². The molecule has 0 radical (unpaired) electrons. The minimum Gasteiger partial charge on any atom is -0.462 e. The smallest absolute Gasteiger partial charge is 0.316 e. The number of nitrogens with zero attached hydrogens (tertiary/aromatic N) is 2. The van der Waals surface area contributed by atoms with Gasteiger partial charge in [0.1, 0.15) is 15.7 Å². The third-order valence-electron chi connectivity index (χ3n) is 2.80. The van der Waals surface area contributed by atoms with Gasteiger partial charge in [0.05, 0.1) is 11.9 Å². The minimum atomic E-state index is -0.209. The number of thioether (sulfide) groups is 1. The van der Waals surface area contributed by atoms with Crippen LogP contribution in [0.3, 0.4) is 0 Å². The Morgan fingerprint density at radius 2 is 2.00 bits per heavy atom. The molecule has 4 nitrogen and oxygen atoms in total. The van der Waals surface area contributed by atoms with Crippen molar-refractivity contribution in [3.05, 3.63) is 16.3 Å². The van der Waals surface area contributed by atoms with Gasteiger partial charge in [-0.3, -0.25) is 4.79 Å². The fraction of sp³-hybridized carbons (Fsp3) is 0.500. The first kappa shape index (κ1) is 15.3. The van der Waals surface area contributed by atoms with Crippen LogP contribution in [0.25, 0.3) is 10.2 Å². The number of hydrogen-bond donors (Lipinski definition) is 0. The van der Waals surface area contributed by atoms with Crippen LogP contribution in [-0.4, -0.2) is 27.8 Å². The van der Waals surface area contributed by atoms with Gasteiger partial charge < -0.3 is 4.74 Å². The molecule has 0 atom stereocenters. The Kier molecular flexibility index (Phi) is 4.65. The van der Waals surface area contributed by atoms with E-state index in [0.717, 1.165) is 21.1 Å². The van der Waals surface area contributed by atoms with Crippen LogP contribution in [0.5, 0.6) is 0 Å². The summed E-state index contributed by atoms with van der Waals surface area (Å²) >= 11 is 3.09. The zero-order valence-corrected chi connectivity index (χ0v) is 13.9. The fourth-order valence-corrected chi connectivity index (χ4v) is 3.90. The highest BCUT2D eigenvalue weighted by Gasteiger charge is 2.15. The van der Waals surface area contributed by atoms with E-state index in [-0.39, 0.29) is 17.8 Å². The molecule has 0 aliphatic carbocycles. The first-order valence-electron chi connectivity index (χ1n) is 6.45. The van der Waals surface area contributed by atoms with Gasteiger partial charge in [0, 0.05) is 10.3 Å². The predicted molar refractivity (Wildman–Crippen MR) is 83.6 cm³/mol. The van der Waals surface area contributed by atoms with Crippen molar-refractivity contribution < 1.29 is 9.53 Å². The zero-order chi connectivity index (χ0) is 14.9. The van der Waals surface area contributed by atoms with Crippen molar-refractivity contribution in [2.24, 2.45) is 0 Å². The second-order valence-corrected chi connectivity index (χ2v) is 7.03. The average Bonchev–Trinajstić information content (AvgIpc) is 2.61. The largest absolute Gasteiger partial charge is 0.462 e. The highest BCUT2D eigenvalue weighted by molar-refractivity contribution is 8.00. The highest BCUT2D eigenvalue weighted by atomic mass is 32.2. The van der Waals surface area contributed by atoms with Gasteiger partial charge in [-0.1, -0.05) is 11.8 Å². The number of ether oxygens (including phenoxy) is 1. The standard InChI is InChI=1S/C14H18N2O2S2/c1-7(2)18-11(17)6-19-13-12-8(3)9(4)20-14(12)16-10(5)15-13/h7H,6H2,1-5H3. The topological polar surface area (TPSA) is 52.1 Å². The summed E-state index contributed by atoms with van der Waals surface area (Å²) in [5.41, 5.74) is 1.20. The summed E-state index contributed by atoms with van der Waals surface area (Å²) in [7, 11) is 0. The van der Waals surface area contributed by atoms with Gasteiger partial charge in [0.2, 0.25) is 0 Å². The van der Waals surface area contributed by atoms with E-state index >= 15 is 0 Å². The summed E-state index contributed by atoms with van der Waals surface area (Å²) in [6.07, 6.45) is -0.0830. The van der Waals surface area contributed by atoms with Gasteiger partial charge >= 0.3 is 5.97 Å². The maximum absolute atomic E-state index is 11.7. The molecule has 0 spiro atoms. The van der Waals surface area contributed by atoms with E-state index in [4.69, 9.17) is 4.74 Å². The number of rotatable bonds is 4. The monoisotopic (exact) mass is 310 g/mol. The maximum atomic E-state index is 11.7. The number of esters is 1. The Bertz CT molecular complexity index is 650. The third kappa shape index (κ3) is 3.30. The van der Waals surface area contributed by atoms with Crippen molar-refractivity contribution in [3.8, 4) is 0 Å². The molecular weight excluding hydrogens is 292 g/mol. The van der Waals surface area contributed by atoms with E-state index in [1.54, 1.807) is 11.3 Å². The Labute approximate surface area is 127 Å². The molecule has 0 aliphatic heterocycles. The number of carbonyl (C=O) groups is 1. The Hall–Kier alpha value is -1.14. The first-order valence-corrected chi connectivity index (χ1v) is 8.25. The molecule has 0 amide bonds. The lowest BCUT2D eigenvalue weighted by atomic mass is 10.2. The molecule has 108 valence electrons. The lowest BCUT2D eigenvalue weighted by Gasteiger charge is -2.08. The van der Waals surface area contributed by atoms with E-state index in [1.165, 1.54) is 22.2 Å². The summed E-state index contributed by atoms with van der Waals surface area (Å²) < 4.78 is 5.15. The number of thiophene rings is 1. The third-order valence-corrected chi connectivity index (χ3v) is 4.85. The van der Waals surface area contributed by atoms with E-state index < -0.39 is 0 Å². The van der Waals surface area contributed by atoms with Gasteiger partial charge in [-0.2, -0.15) is 0 Å². The molecule has 2 heterocycles. The zero-order valence-electron chi connectivity index (χ0n) is 12.3. The van der Waals surface area contributed by atoms with Crippen molar-refractivity contribution in [2.45, 2.75) is 45.7 Å². The summed E-state index contributed by atoms with van der Waals surface area (Å²) in [5, 5.41) is 1.94. The molecule has 0 bridgehead atoms. The molecule has 0 saturated carbocycles. The van der Waals surface area contributed by atoms with Crippen LogP contribution < -0.4 is 0 Å². The normalized spacial score (nSPS) is 11.3. The highest BCUT2D eigenvalue weighted by Crippen LogP contribution is 2.35. The van der Waals surface area contributed by atoms with Crippen LogP contribution in [0.15, 0.2) is 5.03 Å². The molecule has 2 aromatic heterocycles. The van der Waals surface area contributed by atoms with E-state index in [9.17, 15) is 4.79 Å². The second kappa shape index (κ2) is 6.10. The molecule has 0 N–H and O–H groups in total. The summed E-state index contributed by atoms with van der Waals surface area (Å²) in [4.78, 5) is 22.8. The predicted octanol–water partition coefficient (Wildman–Crippen LogP) is 3.66. The van der Waals surface area contributed by atoms with Gasteiger partial charge in [-0.25, -0.2) is 9.97 Å². The maximum Gasteiger partial charge on any atom is 0.316 e. The van der Waals surface area contributed by atoms with Crippen molar-refractivity contribution in [2.75, 3.05) is 5.75 Å². The number of carbonyl (C=O) groups excluding carboxylic acids is 1. The summed E-state index contributed by atoms with van der Waals surface area (Å²) in [5.74, 6) is 0.801. The van der Waals surface area contributed by atoms with Crippen LogP contribution in [0, 0.1) is 20.8 Å². The number of aromatic nitrogens is 2. The number of hydrogen-bond acceptors (Lipinski definition) is 6. The van der Waals surface area contributed by atoms with Gasteiger partial charge in [0.15, 0.2) is 0 Å². The minimum absolute atomic E-state index is 0.0830. The van der Waals surface area contributed by atoms with E-state index in [0.29, 0.717) is 0 Å². The molecule has 0 saturated heterocycles. The van der Waals surface area contributed by atoms with Crippen LogP contribution in [0.2, 0.25) is 0 Å². The molecule has 2 rings (SSSR count). The second-order valence-electron chi connectivity index (χ2n) is 4.87. The molecule has 6 heteroatoms. The SMILES string of the molecule is Cc1nc(SCC(=O)OC(C)C)c2c(C)c(C)sc2n1.